The van der Waals surface area contributed by atoms with Crippen molar-refractivity contribution in [2.24, 2.45) is 10.2 Å². The Morgan fingerprint density at radius 1 is 0.957 bits per heavy atom. The zero-order valence-corrected chi connectivity index (χ0v) is 12.2. The fraction of sp³-hybridized carbons (Fsp3) is 0. The van der Waals surface area contributed by atoms with E-state index in [4.69, 9.17) is 0 Å². The molecule has 3 aromatic carbocycles. The van der Waals surface area contributed by atoms with Crippen LogP contribution in [-0.4, -0.2) is 18.2 Å². The maximum Gasteiger partial charge on any atom is 0.150 e. The first kappa shape index (κ1) is 13.4. The number of hydrogen-bond donors (Lipinski definition) is 1. The lowest BCUT2D eigenvalue weighted by Crippen LogP contribution is -2.03. The van der Waals surface area contributed by atoms with E-state index in [1.807, 2.05) is 48.6 Å². The molecule has 0 unspecified atom stereocenters. The normalized spacial score (nSPS) is 13.7. The van der Waals surface area contributed by atoms with Gasteiger partial charge in [0.15, 0.2) is 6.29 Å². The number of fused-ring (bicyclic) bond motifs is 2. The van der Waals surface area contributed by atoms with Gasteiger partial charge >= 0.3 is 0 Å². The second kappa shape index (κ2) is 5.50. The molecule has 1 aliphatic heterocycles. The summed E-state index contributed by atoms with van der Waals surface area (Å²) in [6.45, 7) is 0. The van der Waals surface area contributed by atoms with E-state index >= 15 is 0 Å². The third-order valence-electron chi connectivity index (χ3n) is 3.96. The van der Waals surface area contributed by atoms with E-state index in [0.29, 0.717) is 5.56 Å². The highest BCUT2D eigenvalue weighted by atomic mass is 16.1. The van der Waals surface area contributed by atoms with Crippen LogP contribution in [0.25, 0.3) is 21.5 Å². The number of aldehydes is 1. The first-order chi connectivity index (χ1) is 11.4. The predicted molar refractivity (Wildman–Crippen MR) is 94.1 cm³/mol. The van der Waals surface area contributed by atoms with Gasteiger partial charge in [0.1, 0.15) is 0 Å². The lowest BCUT2D eigenvalue weighted by molar-refractivity contribution is 0.112. The van der Waals surface area contributed by atoms with Crippen LogP contribution in [-0.2, 0) is 0 Å². The van der Waals surface area contributed by atoms with Crippen LogP contribution in [0.5, 0.6) is 0 Å². The molecular formula is C19H13N3O. The Morgan fingerprint density at radius 3 is 2.61 bits per heavy atom. The number of nitrogens with zero attached hydrogens (tertiary/aromatic N) is 2. The Labute approximate surface area is 132 Å². The molecule has 4 nitrogen and oxygen atoms in total. The number of hydrogen-bond acceptors (Lipinski definition) is 4. The summed E-state index contributed by atoms with van der Waals surface area (Å²) in [5.41, 5.74) is 5.21. The van der Waals surface area contributed by atoms with Gasteiger partial charge in [-0.25, -0.2) is 0 Å². The molecule has 1 aliphatic rings. The summed E-state index contributed by atoms with van der Waals surface area (Å²) in [5.74, 6) is 0. The summed E-state index contributed by atoms with van der Waals surface area (Å²) in [6.07, 6.45) is 6.33. The van der Waals surface area contributed by atoms with Gasteiger partial charge in [-0.1, -0.05) is 36.4 Å². The topological polar surface area (TPSA) is 53.8 Å². The molecule has 1 N–H and O–H groups in total. The number of nitrogens with one attached hydrogen (secondary N) is 1. The van der Waals surface area contributed by atoms with Crippen LogP contribution in [0.4, 0.5) is 0 Å². The molecule has 110 valence electrons. The highest BCUT2D eigenvalue weighted by Crippen LogP contribution is 2.28. The Kier molecular flexibility index (Phi) is 3.20. The van der Waals surface area contributed by atoms with Crippen LogP contribution in [0, 0.1) is 0 Å². The molecule has 0 saturated heterocycles. The molecule has 0 aliphatic carbocycles. The van der Waals surface area contributed by atoms with E-state index in [9.17, 15) is 4.79 Å². The SMILES string of the molecule is O=Cc1cccc2cc3c(C4=NNN=CC=C4)cccc3cc12. The third-order valence-corrected chi connectivity index (χ3v) is 3.96. The zero-order chi connectivity index (χ0) is 15.6. The number of benzene rings is 3. The monoisotopic (exact) mass is 299 g/mol. The quantitative estimate of drug-likeness (QED) is 0.580. The average molecular weight is 299 g/mol. The molecule has 0 bridgehead atoms. The summed E-state index contributed by atoms with van der Waals surface area (Å²) in [6, 6.07) is 16.0. The van der Waals surface area contributed by atoms with Crippen LogP contribution in [0.3, 0.4) is 0 Å². The van der Waals surface area contributed by atoms with Gasteiger partial charge in [0.05, 0.1) is 5.71 Å². The van der Waals surface area contributed by atoms with Gasteiger partial charge in [-0.15, -0.1) is 0 Å². The van der Waals surface area contributed by atoms with Crippen molar-refractivity contribution in [2.45, 2.75) is 0 Å². The summed E-state index contributed by atoms with van der Waals surface area (Å²) in [4.78, 5) is 11.3. The minimum Gasteiger partial charge on any atom is -0.298 e. The molecule has 0 aromatic heterocycles. The number of hydrazone groups is 2. The number of carbonyl (C=O) groups excluding carboxylic acids is 1. The molecule has 0 atom stereocenters. The Hall–Kier alpha value is -3.27. The fourth-order valence-corrected chi connectivity index (χ4v) is 2.88. The van der Waals surface area contributed by atoms with Crippen molar-refractivity contribution < 1.29 is 4.79 Å². The molecule has 0 spiro atoms. The minimum absolute atomic E-state index is 0.705. The first-order valence-corrected chi connectivity index (χ1v) is 7.30. The van der Waals surface area contributed by atoms with E-state index in [1.165, 1.54) is 0 Å². The molecule has 0 fully saturated rings. The number of allylic oxidation sites excluding steroid dienone is 2. The molecule has 4 rings (SSSR count). The number of carbonyl (C=O) groups is 1. The third kappa shape index (κ3) is 2.30. The Balaban J connectivity index is 2.02. The second-order valence-electron chi connectivity index (χ2n) is 5.30. The molecule has 23 heavy (non-hydrogen) atoms. The average Bonchev–Trinajstić information content (AvgIpc) is 2.88. The molecule has 1 heterocycles. The smallest absolute Gasteiger partial charge is 0.150 e. The van der Waals surface area contributed by atoms with Crippen molar-refractivity contribution in [1.29, 1.82) is 0 Å². The standard InChI is InChI=1S/C19H13N3O/c23-12-15-6-1-4-13-11-18-14(10-17(13)15)5-2-7-16(18)19-8-3-9-20-22-21-19/h1-12,22H. The summed E-state index contributed by atoms with van der Waals surface area (Å²) >= 11 is 0. The second-order valence-corrected chi connectivity index (χ2v) is 5.30. The van der Waals surface area contributed by atoms with Gasteiger partial charge in [-0.05, 0) is 45.8 Å². The van der Waals surface area contributed by atoms with Crippen molar-refractivity contribution in [1.82, 2.24) is 5.53 Å². The van der Waals surface area contributed by atoms with Crippen molar-refractivity contribution >= 4 is 39.8 Å². The van der Waals surface area contributed by atoms with E-state index < -0.39 is 0 Å². The van der Waals surface area contributed by atoms with E-state index in [1.54, 1.807) is 6.21 Å². The van der Waals surface area contributed by atoms with E-state index in [0.717, 1.165) is 39.1 Å². The van der Waals surface area contributed by atoms with Crippen LogP contribution < -0.4 is 5.53 Å². The lowest BCUT2D eigenvalue weighted by atomic mass is 9.95. The van der Waals surface area contributed by atoms with Gasteiger partial charge in [-0.2, -0.15) is 15.7 Å². The van der Waals surface area contributed by atoms with Crippen LogP contribution in [0.2, 0.25) is 0 Å². The van der Waals surface area contributed by atoms with Gasteiger partial charge < -0.3 is 0 Å². The lowest BCUT2D eigenvalue weighted by Gasteiger charge is -2.09. The largest absolute Gasteiger partial charge is 0.298 e. The Bertz CT molecular complexity index is 1020. The first-order valence-electron chi connectivity index (χ1n) is 7.30. The summed E-state index contributed by atoms with van der Waals surface area (Å²) in [7, 11) is 0. The molecule has 0 amide bonds. The molecule has 0 radical (unpaired) electrons. The van der Waals surface area contributed by atoms with E-state index in [-0.39, 0.29) is 0 Å². The van der Waals surface area contributed by atoms with Gasteiger partial charge in [0, 0.05) is 17.3 Å². The highest BCUT2D eigenvalue weighted by molar-refractivity contribution is 6.19. The molecular weight excluding hydrogens is 286 g/mol. The van der Waals surface area contributed by atoms with E-state index in [2.05, 4.69) is 27.9 Å². The minimum atomic E-state index is 0.705. The van der Waals surface area contributed by atoms with Crippen LogP contribution >= 0.6 is 0 Å². The van der Waals surface area contributed by atoms with Crippen LogP contribution in [0.15, 0.2) is 70.9 Å². The zero-order valence-electron chi connectivity index (χ0n) is 12.2. The van der Waals surface area contributed by atoms with Crippen molar-refractivity contribution in [3.05, 3.63) is 71.8 Å². The number of rotatable bonds is 2. The van der Waals surface area contributed by atoms with Crippen molar-refractivity contribution in [2.75, 3.05) is 0 Å². The van der Waals surface area contributed by atoms with Gasteiger partial charge in [0.2, 0.25) is 0 Å². The maximum absolute atomic E-state index is 11.3. The Morgan fingerprint density at radius 2 is 1.74 bits per heavy atom. The molecule has 0 saturated carbocycles. The maximum atomic E-state index is 11.3. The van der Waals surface area contributed by atoms with Gasteiger partial charge in [0.25, 0.3) is 0 Å². The highest BCUT2D eigenvalue weighted by Gasteiger charge is 2.09. The fourth-order valence-electron chi connectivity index (χ4n) is 2.88. The van der Waals surface area contributed by atoms with Crippen molar-refractivity contribution in [3.63, 3.8) is 0 Å². The summed E-state index contributed by atoms with van der Waals surface area (Å²) in [5, 5.41) is 12.4. The molecule has 3 aromatic rings. The predicted octanol–water partition coefficient (Wildman–Crippen LogP) is 3.65. The van der Waals surface area contributed by atoms with Gasteiger partial charge in [-0.3, -0.25) is 4.79 Å². The summed E-state index contributed by atoms with van der Waals surface area (Å²) < 4.78 is 0. The van der Waals surface area contributed by atoms with Crippen molar-refractivity contribution in [3.8, 4) is 0 Å². The molecule has 4 heteroatoms. The van der Waals surface area contributed by atoms with Crippen LogP contribution in [0.1, 0.15) is 15.9 Å².